The number of amides is 3. The molecule has 2 N–H and O–H groups in total. The number of rotatable bonds is 6. The van der Waals surface area contributed by atoms with Crippen LogP contribution in [0.1, 0.15) is 24.1 Å². The summed E-state index contributed by atoms with van der Waals surface area (Å²) in [7, 11) is 0. The Morgan fingerprint density at radius 2 is 1.97 bits per heavy atom. The van der Waals surface area contributed by atoms with Crippen LogP contribution in [-0.2, 0) is 20.8 Å². The largest absolute Gasteiger partial charge is 0.464 e. The van der Waals surface area contributed by atoms with E-state index in [1.165, 1.54) is 0 Å². The molecule has 31 heavy (non-hydrogen) atoms. The van der Waals surface area contributed by atoms with Gasteiger partial charge in [0.2, 0.25) is 5.91 Å². The Labute approximate surface area is 184 Å². The molecule has 0 unspecified atom stereocenters. The molecule has 4 rings (SSSR count). The van der Waals surface area contributed by atoms with Crippen LogP contribution in [0.5, 0.6) is 0 Å². The highest BCUT2D eigenvalue weighted by Gasteiger charge is 2.20. The summed E-state index contributed by atoms with van der Waals surface area (Å²) in [6.07, 6.45) is 4.65. The second-order valence-corrected chi connectivity index (χ2v) is 8.42. The summed E-state index contributed by atoms with van der Waals surface area (Å²) in [5.74, 6) is -0.531. The molecule has 0 aliphatic carbocycles. The van der Waals surface area contributed by atoms with Gasteiger partial charge in [0.1, 0.15) is 5.76 Å². The molecule has 2 aromatic heterocycles. The number of thiophene rings is 1. The molecule has 7 nitrogen and oxygen atoms in total. The van der Waals surface area contributed by atoms with E-state index in [9.17, 15) is 14.4 Å². The molecular weight excluding hydrogens is 414 g/mol. The maximum Gasteiger partial charge on any atom is 0.313 e. The van der Waals surface area contributed by atoms with Gasteiger partial charge in [-0.15, -0.1) is 11.3 Å². The van der Waals surface area contributed by atoms with E-state index < -0.39 is 11.8 Å². The Balaban J connectivity index is 1.27. The zero-order valence-corrected chi connectivity index (χ0v) is 17.7. The average molecular weight is 438 g/mol. The Kier molecular flexibility index (Phi) is 6.47. The van der Waals surface area contributed by atoms with Crippen molar-refractivity contribution in [1.29, 1.82) is 0 Å². The maximum absolute atomic E-state index is 12.3. The molecule has 0 bridgehead atoms. The highest BCUT2D eigenvalue weighted by molar-refractivity contribution is 7.15. The summed E-state index contributed by atoms with van der Waals surface area (Å²) in [5.41, 5.74) is 1.21. The van der Waals surface area contributed by atoms with Gasteiger partial charge in [0.05, 0.1) is 11.1 Å². The maximum atomic E-state index is 12.3. The third kappa shape index (κ3) is 5.21. The van der Waals surface area contributed by atoms with Crippen LogP contribution >= 0.6 is 11.3 Å². The van der Waals surface area contributed by atoms with Gasteiger partial charge in [-0.25, -0.2) is 0 Å². The van der Waals surface area contributed by atoms with Gasteiger partial charge in [-0.2, -0.15) is 0 Å². The van der Waals surface area contributed by atoms with E-state index in [0.29, 0.717) is 31.6 Å². The SMILES string of the molecule is O=C(NCCc1ccc(-c2ccco2)s1)C(=O)Nc1cccc(N2CCCCC2=O)c1. The third-order valence-electron chi connectivity index (χ3n) is 5.03. The van der Waals surface area contributed by atoms with Gasteiger partial charge in [0.15, 0.2) is 0 Å². The van der Waals surface area contributed by atoms with E-state index in [1.807, 2.05) is 30.3 Å². The van der Waals surface area contributed by atoms with E-state index >= 15 is 0 Å². The highest BCUT2D eigenvalue weighted by Crippen LogP contribution is 2.28. The van der Waals surface area contributed by atoms with E-state index in [-0.39, 0.29) is 5.91 Å². The van der Waals surface area contributed by atoms with Gasteiger partial charge >= 0.3 is 11.8 Å². The minimum Gasteiger partial charge on any atom is -0.464 e. The number of hydrogen-bond donors (Lipinski definition) is 2. The Morgan fingerprint density at radius 1 is 1.06 bits per heavy atom. The number of carbonyl (C=O) groups excluding carboxylic acids is 3. The second-order valence-electron chi connectivity index (χ2n) is 7.26. The molecule has 160 valence electrons. The van der Waals surface area contributed by atoms with Crippen molar-refractivity contribution in [3.8, 4) is 10.6 Å². The van der Waals surface area contributed by atoms with Gasteiger partial charge in [-0.1, -0.05) is 6.07 Å². The summed E-state index contributed by atoms with van der Waals surface area (Å²) in [6, 6.07) is 14.7. The molecule has 3 heterocycles. The lowest BCUT2D eigenvalue weighted by molar-refractivity contribution is -0.136. The van der Waals surface area contributed by atoms with Crippen LogP contribution in [0.3, 0.4) is 0 Å². The van der Waals surface area contributed by atoms with Crippen molar-refractivity contribution in [2.45, 2.75) is 25.7 Å². The first kappa shape index (κ1) is 20.9. The van der Waals surface area contributed by atoms with Crippen LogP contribution in [0.25, 0.3) is 10.6 Å². The third-order valence-corrected chi connectivity index (χ3v) is 6.19. The fourth-order valence-electron chi connectivity index (χ4n) is 3.46. The van der Waals surface area contributed by atoms with E-state index in [0.717, 1.165) is 34.0 Å². The Bertz CT molecular complexity index is 1070. The fourth-order valence-corrected chi connectivity index (χ4v) is 4.44. The number of carbonyl (C=O) groups is 3. The predicted molar refractivity (Wildman–Crippen MR) is 120 cm³/mol. The van der Waals surface area contributed by atoms with Crippen LogP contribution in [0.2, 0.25) is 0 Å². The molecule has 0 radical (unpaired) electrons. The first-order chi connectivity index (χ1) is 15.1. The summed E-state index contributed by atoms with van der Waals surface area (Å²) in [6.45, 7) is 1.02. The standard InChI is InChI=1S/C23H23N3O4S/c27-21-8-1-2-13-26(21)17-6-3-5-16(15-17)25-23(29)22(28)24-12-11-18-9-10-20(31-18)19-7-4-14-30-19/h3-7,9-10,14-15H,1-2,8,11-13H2,(H,24,28)(H,25,29). The van der Waals surface area contributed by atoms with Crippen molar-refractivity contribution in [1.82, 2.24) is 5.32 Å². The molecule has 0 atom stereocenters. The van der Waals surface area contributed by atoms with Crippen molar-refractivity contribution in [2.24, 2.45) is 0 Å². The summed E-state index contributed by atoms with van der Waals surface area (Å²) in [5, 5.41) is 5.26. The number of nitrogens with zero attached hydrogens (tertiary/aromatic N) is 1. The number of hydrogen-bond acceptors (Lipinski definition) is 5. The Morgan fingerprint density at radius 3 is 2.77 bits per heavy atom. The second kappa shape index (κ2) is 9.61. The van der Waals surface area contributed by atoms with Crippen molar-refractivity contribution >= 4 is 40.4 Å². The van der Waals surface area contributed by atoms with Crippen LogP contribution in [0.15, 0.2) is 59.2 Å². The van der Waals surface area contributed by atoms with Crippen molar-refractivity contribution < 1.29 is 18.8 Å². The predicted octanol–water partition coefficient (Wildman–Crippen LogP) is 3.82. The highest BCUT2D eigenvalue weighted by atomic mass is 32.1. The van der Waals surface area contributed by atoms with E-state index in [1.54, 1.807) is 40.7 Å². The summed E-state index contributed by atoms with van der Waals surface area (Å²) < 4.78 is 5.38. The van der Waals surface area contributed by atoms with Crippen LogP contribution in [0.4, 0.5) is 11.4 Å². The molecule has 1 aromatic carbocycles. The lowest BCUT2D eigenvalue weighted by atomic mass is 10.1. The molecule has 3 aromatic rings. The molecule has 1 aliphatic rings. The first-order valence-corrected chi connectivity index (χ1v) is 11.0. The minimum atomic E-state index is -0.732. The van der Waals surface area contributed by atoms with Gasteiger partial charge in [0.25, 0.3) is 0 Å². The fraction of sp³-hybridized carbons (Fsp3) is 0.261. The summed E-state index contributed by atoms with van der Waals surface area (Å²) in [4.78, 5) is 40.4. The monoisotopic (exact) mass is 437 g/mol. The van der Waals surface area contributed by atoms with Crippen LogP contribution < -0.4 is 15.5 Å². The first-order valence-electron chi connectivity index (χ1n) is 10.2. The molecule has 8 heteroatoms. The number of furan rings is 1. The van der Waals surface area contributed by atoms with Crippen molar-refractivity contribution in [3.63, 3.8) is 0 Å². The topological polar surface area (TPSA) is 91.7 Å². The van der Waals surface area contributed by atoms with Gasteiger partial charge in [-0.3, -0.25) is 14.4 Å². The normalized spacial score (nSPS) is 13.8. The average Bonchev–Trinajstić information content (AvgIpc) is 3.46. The zero-order chi connectivity index (χ0) is 21.6. The molecular formula is C23H23N3O4S. The molecule has 1 saturated heterocycles. The lowest BCUT2D eigenvalue weighted by Gasteiger charge is -2.27. The van der Waals surface area contributed by atoms with Gasteiger partial charge in [0, 0.05) is 35.8 Å². The molecule has 0 saturated carbocycles. The Hall–Kier alpha value is -3.39. The molecule has 1 fully saturated rings. The number of piperidine rings is 1. The zero-order valence-electron chi connectivity index (χ0n) is 16.9. The minimum absolute atomic E-state index is 0.0799. The van der Waals surface area contributed by atoms with Crippen molar-refractivity contribution in [2.75, 3.05) is 23.3 Å². The molecule has 0 spiro atoms. The quantitative estimate of drug-likeness (QED) is 0.574. The van der Waals surface area contributed by atoms with E-state index in [2.05, 4.69) is 10.6 Å². The summed E-state index contributed by atoms with van der Waals surface area (Å²) >= 11 is 1.59. The van der Waals surface area contributed by atoms with Gasteiger partial charge < -0.3 is 20.0 Å². The molecule has 3 amide bonds. The van der Waals surface area contributed by atoms with Crippen molar-refractivity contribution in [3.05, 3.63) is 59.7 Å². The lowest BCUT2D eigenvalue weighted by Crippen LogP contribution is -2.37. The van der Waals surface area contributed by atoms with E-state index in [4.69, 9.17) is 4.42 Å². The van der Waals surface area contributed by atoms with Gasteiger partial charge in [-0.05, 0) is 61.7 Å². The number of nitrogens with one attached hydrogen (secondary N) is 2. The molecule has 1 aliphatic heterocycles. The van der Waals surface area contributed by atoms with Crippen LogP contribution in [-0.4, -0.2) is 30.8 Å². The number of benzene rings is 1. The number of anilines is 2. The smallest absolute Gasteiger partial charge is 0.313 e. The van der Waals surface area contributed by atoms with Crippen LogP contribution in [0, 0.1) is 0 Å².